The maximum absolute atomic E-state index is 12.5. The van der Waals surface area contributed by atoms with Crippen LogP contribution in [0.2, 0.25) is 0 Å². The lowest BCUT2D eigenvalue weighted by Crippen LogP contribution is -2.51. The molecule has 32 heavy (non-hydrogen) atoms. The minimum atomic E-state index is -0.532. The lowest BCUT2D eigenvalue weighted by atomic mass is 10.1. The third-order valence-corrected chi connectivity index (χ3v) is 5.90. The van der Waals surface area contributed by atoms with Gasteiger partial charge in [-0.2, -0.15) is 0 Å². The van der Waals surface area contributed by atoms with E-state index < -0.39 is 6.03 Å². The minimum absolute atomic E-state index is 0.135. The van der Waals surface area contributed by atoms with Crippen LogP contribution in [0.15, 0.2) is 48.5 Å². The molecule has 1 aliphatic heterocycles. The molecule has 0 radical (unpaired) electrons. The van der Waals surface area contributed by atoms with Crippen LogP contribution < -0.4 is 10.6 Å². The van der Waals surface area contributed by atoms with E-state index in [2.05, 4.69) is 22.8 Å². The van der Waals surface area contributed by atoms with Gasteiger partial charge in [0.1, 0.15) is 0 Å². The summed E-state index contributed by atoms with van der Waals surface area (Å²) in [6.07, 6.45) is 2.27. The third-order valence-electron chi connectivity index (χ3n) is 5.90. The number of aryl methyl sites for hydroxylation is 2. The zero-order chi connectivity index (χ0) is 22.9. The molecule has 7 nitrogen and oxygen atoms in total. The Morgan fingerprint density at radius 3 is 2.34 bits per heavy atom. The number of imide groups is 1. The van der Waals surface area contributed by atoms with E-state index in [-0.39, 0.29) is 18.4 Å². The standard InChI is InChI=1S/C25H32N4O3/c1-19-8-6-12-22(20(19)2)26-25(32)27-23(30)18-28-14-16-29(17-15-28)24(31)13-7-11-21-9-4-3-5-10-21/h3-6,8-10,12H,7,11,13-18H2,1-2H3,(H2,26,27,30,32). The summed E-state index contributed by atoms with van der Waals surface area (Å²) >= 11 is 0. The van der Waals surface area contributed by atoms with Gasteiger partial charge in [-0.3, -0.25) is 19.8 Å². The van der Waals surface area contributed by atoms with E-state index in [1.165, 1.54) is 5.56 Å². The normalized spacial score (nSPS) is 14.1. The Labute approximate surface area is 189 Å². The first kappa shape index (κ1) is 23.5. The predicted molar refractivity (Wildman–Crippen MR) is 125 cm³/mol. The summed E-state index contributed by atoms with van der Waals surface area (Å²) in [4.78, 5) is 40.7. The Bertz CT molecular complexity index is 937. The van der Waals surface area contributed by atoms with E-state index in [1.54, 1.807) is 0 Å². The summed E-state index contributed by atoms with van der Waals surface area (Å²) < 4.78 is 0. The van der Waals surface area contributed by atoms with Crippen molar-refractivity contribution in [1.82, 2.24) is 15.1 Å². The number of piperazine rings is 1. The fraction of sp³-hybridized carbons (Fsp3) is 0.400. The molecule has 1 saturated heterocycles. The van der Waals surface area contributed by atoms with Crippen molar-refractivity contribution in [3.8, 4) is 0 Å². The molecule has 1 aliphatic rings. The number of carbonyl (C=O) groups excluding carboxylic acids is 3. The van der Waals surface area contributed by atoms with Gasteiger partial charge < -0.3 is 10.2 Å². The van der Waals surface area contributed by atoms with Crippen molar-refractivity contribution >= 4 is 23.5 Å². The van der Waals surface area contributed by atoms with Crippen LogP contribution in [0.5, 0.6) is 0 Å². The quantitative estimate of drug-likeness (QED) is 0.699. The van der Waals surface area contributed by atoms with Crippen LogP contribution in [-0.2, 0) is 16.0 Å². The zero-order valence-electron chi connectivity index (χ0n) is 18.9. The molecule has 170 valence electrons. The second kappa shape index (κ2) is 11.4. The summed E-state index contributed by atoms with van der Waals surface area (Å²) in [6, 6.07) is 15.3. The van der Waals surface area contributed by atoms with E-state index in [4.69, 9.17) is 0 Å². The number of nitrogens with one attached hydrogen (secondary N) is 2. The summed E-state index contributed by atoms with van der Waals surface area (Å²) in [5.74, 6) is -0.187. The third kappa shape index (κ3) is 6.92. The monoisotopic (exact) mass is 436 g/mol. The van der Waals surface area contributed by atoms with Crippen molar-refractivity contribution in [3.63, 3.8) is 0 Å². The number of urea groups is 1. The highest BCUT2D eigenvalue weighted by molar-refractivity contribution is 6.02. The fourth-order valence-electron chi connectivity index (χ4n) is 3.81. The molecule has 0 saturated carbocycles. The molecular formula is C25H32N4O3. The van der Waals surface area contributed by atoms with Gasteiger partial charge in [-0.1, -0.05) is 42.5 Å². The largest absolute Gasteiger partial charge is 0.340 e. The number of nitrogens with zero attached hydrogens (tertiary/aromatic N) is 2. The molecule has 2 aromatic carbocycles. The topological polar surface area (TPSA) is 81.8 Å². The van der Waals surface area contributed by atoms with E-state index in [1.807, 2.05) is 60.0 Å². The maximum Gasteiger partial charge on any atom is 0.325 e. The van der Waals surface area contributed by atoms with Gasteiger partial charge in [-0.25, -0.2) is 4.79 Å². The Morgan fingerprint density at radius 2 is 1.62 bits per heavy atom. The SMILES string of the molecule is Cc1cccc(NC(=O)NC(=O)CN2CCN(C(=O)CCCc3ccccc3)CC2)c1C. The molecule has 2 aromatic rings. The van der Waals surface area contributed by atoms with Crippen LogP contribution in [0.25, 0.3) is 0 Å². The molecule has 7 heteroatoms. The van der Waals surface area contributed by atoms with Gasteiger partial charge in [0.25, 0.3) is 0 Å². The number of amides is 4. The van der Waals surface area contributed by atoms with Gasteiger partial charge in [0.15, 0.2) is 0 Å². The van der Waals surface area contributed by atoms with Crippen molar-refractivity contribution in [3.05, 3.63) is 65.2 Å². The Morgan fingerprint density at radius 1 is 0.906 bits per heavy atom. The number of carbonyl (C=O) groups is 3. The molecule has 0 aliphatic carbocycles. The average molecular weight is 437 g/mol. The summed E-state index contributed by atoms with van der Waals surface area (Å²) in [7, 11) is 0. The molecule has 1 fully saturated rings. The molecule has 0 atom stereocenters. The smallest absolute Gasteiger partial charge is 0.325 e. The molecular weight excluding hydrogens is 404 g/mol. The van der Waals surface area contributed by atoms with E-state index >= 15 is 0 Å². The van der Waals surface area contributed by atoms with Gasteiger partial charge >= 0.3 is 6.03 Å². The van der Waals surface area contributed by atoms with Crippen molar-refractivity contribution in [2.75, 3.05) is 38.0 Å². The maximum atomic E-state index is 12.5. The molecule has 0 unspecified atom stereocenters. The van der Waals surface area contributed by atoms with Crippen LogP contribution in [0.4, 0.5) is 10.5 Å². The second-order valence-corrected chi connectivity index (χ2v) is 8.25. The second-order valence-electron chi connectivity index (χ2n) is 8.25. The highest BCUT2D eigenvalue weighted by Crippen LogP contribution is 2.17. The van der Waals surface area contributed by atoms with E-state index in [0.29, 0.717) is 38.3 Å². The Balaban J connectivity index is 1.35. The van der Waals surface area contributed by atoms with Gasteiger partial charge in [-0.05, 0) is 49.4 Å². The first-order chi connectivity index (χ1) is 15.4. The number of benzene rings is 2. The number of hydrogen-bond donors (Lipinski definition) is 2. The molecule has 0 bridgehead atoms. The molecule has 4 amide bonds. The lowest BCUT2D eigenvalue weighted by Gasteiger charge is -2.34. The zero-order valence-corrected chi connectivity index (χ0v) is 18.9. The van der Waals surface area contributed by atoms with Gasteiger partial charge in [0.2, 0.25) is 11.8 Å². The number of anilines is 1. The van der Waals surface area contributed by atoms with Crippen LogP contribution in [0.3, 0.4) is 0 Å². The van der Waals surface area contributed by atoms with Crippen molar-refractivity contribution in [1.29, 1.82) is 0 Å². The molecule has 1 heterocycles. The van der Waals surface area contributed by atoms with Gasteiger partial charge in [0, 0.05) is 38.3 Å². The van der Waals surface area contributed by atoms with E-state index in [0.717, 1.165) is 24.0 Å². The van der Waals surface area contributed by atoms with Crippen LogP contribution in [-0.4, -0.2) is 60.4 Å². The van der Waals surface area contributed by atoms with Crippen LogP contribution >= 0.6 is 0 Å². The van der Waals surface area contributed by atoms with Crippen LogP contribution in [0, 0.1) is 13.8 Å². The number of rotatable bonds is 7. The summed E-state index contributed by atoms with van der Waals surface area (Å²) in [5.41, 5.74) is 3.98. The van der Waals surface area contributed by atoms with Crippen molar-refractivity contribution < 1.29 is 14.4 Å². The summed E-state index contributed by atoms with van der Waals surface area (Å²) in [6.45, 7) is 6.48. The van der Waals surface area contributed by atoms with Crippen molar-refractivity contribution in [2.24, 2.45) is 0 Å². The highest BCUT2D eigenvalue weighted by atomic mass is 16.2. The number of hydrogen-bond acceptors (Lipinski definition) is 4. The summed E-state index contributed by atoms with van der Waals surface area (Å²) in [5, 5.41) is 5.12. The highest BCUT2D eigenvalue weighted by Gasteiger charge is 2.22. The lowest BCUT2D eigenvalue weighted by molar-refractivity contribution is -0.133. The fourth-order valence-corrected chi connectivity index (χ4v) is 3.81. The first-order valence-corrected chi connectivity index (χ1v) is 11.1. The van der Waals surface area contributed by atoms with E-state index in [9.17, 15) is 14.4 Å². The minimum Gasteiger partial charge on any atom is -0.340 e. The Hall–Kier alpha value is -3.19. The average Bonchev–Trinajstić information content (AvgIpc) is 2.78. The first-order valence-electron chi connectivity index (χ1n) is 11.1. The Kier molecular flexibility index (Phi) is 8.39. The van der Waals surface area contributed by atoms with Gasteiger partial charge in [0.05, 0.1) is 6.54 Å². The molecule has 2 N–H and O–H groups in total. The predicted octanol–water partition coefficient (Wildman–Crippen LogP) is 3.12. The van der Waals surface area contributed by atoms with Crippen molar-refractivity contribution in [2.45, 2.75) is 33.1 Å². The van der Waals surface area contributed by atoms with Crippen LogP contribution in [0.1, 0.15) is 29.5 Å². The molecule has 0 spiro atoms. The van der Waals surface area contributed by atoms with Gasteiger partial charge in [-0.15, -0.1) is 0 Å². The molecule has 3 rings (SSSR count). The molecule has 0 aromatic heterocycles.